The minimum atomic E-state index is -0.198. The van der Waals surface area contributed by atoms with E-state index < -0.39 is 0 Å². The van der Waals surface area contributed by atoms with E-state index in [1.807, 2.05) is 0 Å². The average molecular weight is 800 g/mol. The molecule has 0 atom stereocenters. The average Bonchev–Trinajstić information content (AvgIpc) is 3.59. The van der Waals surface area contributed by atoms with E-state index in [1.165, 1.54) is 27.8 Å². The van der Waals surface area contributed by atoms with Gasteiger partial charge in [0, 0.05) is 33.8 Å². The van der Waals surface area contributed by atoms with Gasteiger partial charge in [-0.1, -0.05) is 146 Å². The Morgan fingerprint density at radius 3 is 1.56 bits per heavy atom. The van der Waals surface area contributed by atoms with Crippen LogP contribution < -0.4 is 30.8 Å². The van der Waals surface area contributed by atoms with Crippen molar-refractivity contribution >= 4 is 62.1 Å². The van der Waals surface area contributed by atoms with Crippen LogP contribution in [0.2, 0.25) is 0 Å². The second kappa shape index (κ2) is 13.7. The summed E-state index contributed by atoms with van der Waals surface area (Å²) in [6.07, 6.45) is 0. The van der Waals surface area contributed by atoms with Gasteiger partial charge in [0.1, 0.15) is 34.2 Å². The molecule has 4 nitrogen and oxygen atoms in total. The molecule has 0 saturated heterocycles. The van der Waals surface area contributed by atoms with Gasteiger partial charge in [-0.05, 0) is 112 Å². The van der Waals surface area contributed by atoms with Gasteiger partial charge in [0.15, 0.2) is 0 Å². The first kappa shape index (κ1) is 39.0. The second-order valence-corrected chi connectivity index (χ2v) is 20.4. The van der Waals surface area contributed by atoms with Crippen LogP contribution in [0.25, 0.3) is 33.1 Å². The van der Waals surface area contributed by atoms with Crippen molar-refractivity contribution in [1.29, 1.82) is 0 Å². The summed E-state index contributed by atoms with van der Waals surface area (Å²) in [5.41, 5.74) is 16.4. The van der Waals surface area contributed by atoms with Gasteiger partial charge < -0.3 is 18.8 Å². The van der Waals surface area contributed by atoms with Crippen molar-refractivity contribution < 1.29 is 13.9 Å². The van der Waals surface area contributed by atoms with Crippen LogP contribution in [0.5, 0.6) is 23.0 Å². The van der Waals surface area contributed by atoms with Crippen LogP contribution in [0, 0.1) is 13.8 Å². The van der Waals surface area contributed by atoms with Crippen LogP contribution >= 0.6 is 0 Å². The molecule has 304 valence electrons. The topological polar surface area (TPSA) is 34.8 Å². The molecular formula is C56H54BNO3. The van der Waals surface area contributed by atoms with Gasteiger partial charge in [0.2, 0.25) is 0 Å². The summed E-state index contributed by atoms with van der Waals surface area (Å²) in [4.78, 5) is 2.38. The maximum Gasteiger partial charge on any atom is 0.265 e. The molecule has 0 amide bonds. The lowest BCUT2D eigenvalue weighted by Gasteiger charge is -2.35. The molecule has 0 radical (unpaired) electrons. The zero-order valence-corrected chi connectivity index (χ0v) is 37.4. The van der Waals surface area contributed by atoms with Crippen LogP contribution in [0.4, 0.5) is 17.1 Å². The molecule has 10 rings (SSSR count). The number of rotatable bonds is 4. The maximum absolute atomic E-state index is 7.29. The first-order valence-electron chi connectivity index (χ1n) is 21.7. The van der Waals surface area contributed by atoms with E-state index in [2.05, 4.69) is 208 Å². The molecule has 3 heterocycles. The largest absolute Gasteiger partial charge is 0.458 e. The van der Waals surface area contributed by atoms with Crippen LogP contribution in [-0.4, -0.2) is 6.71 Å². The second-order valence-electron chi connectivity index (χ2n) is 20.4. The van der Waals surface area contributed by atoms with Crippen molar-refractivity contribution in [3.63, 3.8) is 0 Å². The molecule has 0 unspecified atom stereocenters. The number of anilines is 3. The number of para-hydroxylation sites is 1. The number of benzene rings is 7. The Kier molecular flexibility index (Phi) is 8.73. The van der Waals surface area contributed by atoms with E-state index >= 15 is 0 Å². The Balaban J connectivity index is 1.28. The first-order chi connectivity index (χ1) is 28.9. The predicted molar refractivity (Wildman–Crippen MR) is 257 cm³/mol. The van der Waals surface area contributed by atoms with Gasteiger partial charge in [0.05, 0.1) is 11.1 Å². The van der Waals surface area contributed by atoms with Crippen molar-refractivity contribution in [3.8, 4) is 34.1 Å². The third kappa shape index (κ3) is 6.61. The highest BCUT2D eigenvalue weighted by Crippen LogP contribution is 2.48. The molecule has 1 aromatic heterocycles. The third-order valence-corrected chi connectivity index (χ3v) is 12.7. The number of fused-ring (bicyclic) bond motifs is 8. The van der Waals surface area contributed by atoms with Crippen LogP contribution in [-0.2, 0) is 16.2 Å². The molecular weight excluding hydrogens is 745 g/mol. The van der Waals surface area contributed by atoms with Crippen molar-refractivity contribution in [2.24, 2.45) is 0 Å². The fourth-order valence-electron chi connectivity index (χ4n) is 9.45. The van der Waals surface area contributed by atoms with Crippen molar-refractivity contribution in [3.05, 3.63) is 155 Å². The van der Waals surface area contributed by atoms with Gasteiger partial charge in [0.25, 0.3) is 6.71 Å². The summed E-state index contributed by atoms with van der Waals surface area (Å²) >= 11 is 0. The Morgan fingerprint density at radius 2 is 0.984 bits per heavy atom. The minimum Gasteiger partial charge on any atom is -0.458 e. The lowest BCUT2D eigenvalue weighted by Crippen LogP contribution is -2.57. The lowest BCUT2D eigenvalue weighted by molar-refractivity contribution is 0.464. The molecule has 0 spiro atoms. The monoisotopic (exact) mass is 799 g/mol. The Morgan fingerprint density at radius 1 is 0.475 bits per heavy atom. The molecule has 0 aliphatic carbocycles. The normalized spacial score (nSPS) is 13.4. The fourth-order valence-corrected chi connectivity index (χ4v) is 9.45. The van der Waals surface area contributed by atoms with Crippen molar-refractivity contribution in [1.82, 2.24) is 0 Å². The van der Waals surface area contributed by atoms with E-state index in [9.17, 15) is 0 Å². The number of aryl methyl sites for hydroxylation is 2. The Labute approximate surface area is 361 Å². The molecule has 2 aliphatic rings. The smallest absolute Gasteiger partial charge is 0.265 e. The number of ether oxygens (including phenoxy) is 2. The molecule has 0 bridgehead atoms. The van der Waals surface area contributed by atoms with E-state index in [0.717, 1.165) is 89.5 Å². The predicted octanol–water partition coefficient (Wildman–Crippen LogP) is 14.0. The van der Waals surface area contributed by atoms with Crippen LogP contribution in [0.3, 0.4) is 0 Å². The number of furan rings is 1. The van der Waals surface area contributed by atoms with Crippen molar-refractivity contribution in [2.75, 3.05) is 4.90 Å². The highest BCUT2D eigenvalue weighted by molar-refractivity contribution is 6.99. The van der Waals surface area contributed by atoms with E-state index in [1.54, 1.807) is 0 Å². The fraction of sp³-hybridized carbons (Fsp3) is 0.250. The molecule has 8 aromatic rings. The van der Waals surface area contributed by atoms with Crippen molar-refractivity contribution in [2.45, 2.75) is 92.4 Å². The van der Waals surface area contributed by atoms with Crippen LogP contribution in [0.1, 0.15) is 90.1 Å². The maximum atomic E-state index is 7.29. The van der Waals surface area contributed by atoms with E-state index in [4.69, 9.17) is 13.9 Å². The van der Waals surface area contributed by atoms with Gasteiger partial charge in [-0.3, -0.25) is 0 Å². The zero-order chi connectivity index (χ0) is 42.7. The van der Waals surface area contributed by atoms with Gasteiger partial charge in [-0.2, -0.15) is 0 Å². The highest BCUT2D eigenvalue weighted by atomic mass is 16.5. The van der Waals surface area contributed by atoms with E-state index in [0.29, 0.717) is 0 Å². The summed E-state index contributed by atoms with van der Waals surface area (Å²) in [5.74, 6) is 3.24. The third-order valence-electron chi connectivity index (χ3n) is 12.7. The molecule has 61 heavy (non-hydrogen) atoms. The Bertz CT molecular complexity index is 2970. The summed E-state index contributed by atoms with van der Waals surface area (Å²) < 4.78 is 21.3. The minimum absolute atomic E-state index is 0.0144. The summed E-state index contributed by atoms with van der Waals surface area (Å²) in [5, 5.41) is 2.11. The quantitative estimate of drug-likeness (QED) is 0.166. The summed E-state index contributed by atoms with van der Waals surface area (Å²) in [7, 11) is 0. The number of hydrogen-bond acceptors (Lipinski definition) is 4. The van der Waals surface area contributed by atoms with Gasteiger partial charge in [-0.25, -0.2) is 0 Å². The van der Waals surface area contributed by atoms with Gasteiger partial charge >= 0.3 is 0 Å². The molecule has 0 fully saturated rings. The van der Waals surface area contributed by atoms with Crippen LogP contribution in [0.15, 0.2) is 132 Å². The lowest BCUT2D eigenvalue weighted by atomic mass is 9.34. The van der Waals surface area contributed by atoms with Gasteiger partial charge in [-0.15, -0.1) is 0 Å². The SMILES string of the molecule is Cc1cc(C)cc(-c2cc3c4c(c2)Oc2cc(N(c5ccc(C(C)(C)C)cc5)c5ccc(C(C)(C)C)cc5)c5c(oc6ccccc65)c2B4c2cc(C(C)(C)C)ccc2O3)c1. The molecule has 5 heteroatoms. The Hall–Kier alpha value is -6.20. The first-order valence-corrected chi connectivity index (χ1v) is 21.7. The number of nitrogens with zero attached hydrogens (tertiary/aromatic N) is 1. The summed E-state index contributed by atoms with van der Waals surface area (Å²) in [6, 6.07) is 46.6. The molecule has 2 aliphatic heterocycles. The molecule has 7 aromatic carbocycles. The highest BCUT2D eigenvalue weighted by Gasteiger charge is 2.44. The number of hydrogen-bond donors (Lipinski definition) is 0. The summed E-state index contributed by atoms with van der Waals surface area (Å²) in [6.45, 7) is 24.5. The molecule has 0 N–H and O–H groups in total. The molecule has 0 saturated carbocycles. The van der Waals surface area contributed by atoms with E-state index in [-0.39, 0.29) is 23.0 Å². The zero-order valence-electron chi connectivity index (χ0n) is 37.4. The standard InChI is InChI=1S/C56H54BNO3/c1-33-26-34(2)28-35(27-33)36-29-47-51-48(30-36)60-49-32-44(58(40-21-16-37(17-22-40)54(3,4)5)41-23-18-38(19-24-41)55(6,7)8)50-42-14-12-13-15-45(42)61-53(50)52(49)57(51)43-31-39(56(9,10)11)20-25-46(43)59-47/h12-32H,1-11H3.